The summed E-state index contributed by atoms with van der Waals surface area (Å²) in [7, 11) is -2.85. The fourth-order valence-corrected chi connectivity index (χ4v) is 1.93. The fourth-order valence-electron chi connectivity index (χ4n) is 1.45. The molecule has 10 heteroatoms. The maximum absolute atomic E-state index is 12.8. The minimum atomic E-state index is -4.81. The molecule has 0 saturated carbocycles. The van der Waals surface area contributed by atoms with E-state index < -0.39 is 39.1 Å². The van der Waals surface area contributed by atoms with E-state index in [-0.39, 0.29) is 11.1 Å². The van der Waals surface area contributed by atoms with E-state index in [2.05, 4.69) is 0 Å². The van der Waals surface area contributed by atoms with Crippen molar-refractivity contribution in [2.75, 3.05) is 5.32 Å². The first-order valence-electron chi connectivity index (χ1n) is 5.56. The molecular weight excluding hydrogens is 325 g/mol. The molecular formula is C12H9F3N2O4S. The first-order valence-corrected chi connectivity index (χ1v) is 6.70. The number of hydrogen-bond donors (Lipinski definition) is 2. The molecule has 0 saturated heterocycles. The number of alkyl halides is 3. The zero-order valence-corrected chi connectivity index (χ0v) is 11.8. The van der Waals surface area contributed by atoms with Crippen LogP contribution < -0.4 is 5.32 Å². The van der Waals surface area contributed by atoms with Crippen molar-refractivity contribution in [1.29, 1.82) is 5.26 Å². The highest BCUT2D eigenvalue weighted by atomic mass is 32.2. The second-order valence-corrected chi connectivity index (χ2v) is 5.11. The van der Waals surface area contributed by atoms with Crippen LogP contribution in [0.3, 0.4) is 0 Å². The Balaban J connectivity index is 3.19. The minimum Gasteiger partial charge on any atom is -0.375 e. The van der Waals surface area contributed by atoms with Gasteiger partial charge in [-0.1, -0.05) is 0 Å². The van der Waals surface area contributed by atoms with Crippen molar-refractivity contribution in [2.24, 2.45) is 0 Å². The Kier molecular flexibility index (Phi) is 4.95. The molecule has 1 aromatic carbocycles. The van der Waals surface area contributed by atoms with Gasteiger partial charge in [0.2, 0.25) is 10.3 Å². The van der Waals surface area contributed by atoms with Crippen LogP contribution >= 0.6 is 0 Å². The van der Waals surface area contributed by atoms with E-state index in [1.165, 1.54) is 6.07 Å². The molecule has 1 amide bonds. The first-order chi connectivity index (χ1) is 9.97. The lowest BCUT2D eigenvalue weighted by Crippen LogP contribution is -2.41. The Morgan fingerprint density at radius 2 is 2.00 bits per heavy atom. The number of amides is 1. The Morgan fingerprint density at radius 1 is 1.41 bits per heavy atom. The number of hydrogen-bond acceptors (Lipinski definition) is 5. The second kappa shape index (κ2) is 6.17. The smallest absolute Gasteiger partial charge is 0.375 e. The first kappa shape index (κ1) is 17.7. The van der Waals surface area contributed by atoms with Gasteiger partial charge in [0, 0.05) is 5.69 Å². The highest BCUT2D eigenvalue weighted by Gasteiger charge is 2.34. The van der Waals surface area contributed by atoms with Crippen molar-refractivity contribution < 1.29 is 31.5 Å². The molecule has 0 aliphatic carbocycles. The summed E-state index contributed by atoms with van der Waals surface area (Å²) in [6.07, 6.45) is -4.81. The number of nitriles is 1. The molecule has 1 rings (SSSR count). The topological polar surface area (TPSA) is 107 Å². The molecule has 1 unspecified atom stereocenters. The SMILES string of the molecule is CC(O)(C=S(=O)=O)C(=O)Nc1ccc(C#N)c(C(F)(F)F)c1. The van der Waals surface area contributed by atoms with Crippen LogP contribution in [0, 0.1) is 11.3 Å². The summed E-state index contributed by atoms with van der Waals surface area (Å²) in [6, 6.07) is 3.76. The van der Waals surface area contributed by atoms with Gasteiger partial charge < -0.3 is 10.4 Å². The highest BCUT2D eigenvalue weighted by Crippen LogP contribution is 2.33. The maximum atomic E-state index is 12.8. The van der Waals surface area contributed by atoms with Gasteiger partial charge in [-0.2, -0.15) is 26.9 Å². The van der Waals surface area contributed by atoms with E-state index >= 15 is 0 Å². The summed E-state index contributed by atoms with van der Waals surface area (Å²) in [5.41, 5.74) is -4.67. The third-order valence-electron chi connectivity index (χ3n) is 2.49. The molecule has 0 aliphatic heterocycles. The van der Waals surface area contributed by atoms with E-state index in [9.17, 15) is 31.5 Å². The van der Waals surface area contributed by atoms with Crippen LogP contribution in [0.5, 0.6) is 0 Å². The number of rotatable bonds is 3. The molecule has 0 heterocycles. The zero-order chi connectivity index (χ0) is 17.1. The number of anilines is 1. The van der Waals surface area contributed by atoms with E-state index in [0.29, 0.717) is 6.07 Å². The lowest BCUT2D eigenvalue weighted by molar-refractivity contribution is -0.137. The average Bonchev–Trinajstić information content (AvgIpc) is 2.36. The third-order valence-corrected chi connectivity index (χ3v) is 3.14. The Bertz CT molecular complexity index is 769. The number of benzene rings is 1. The van der Waals surface area contributed by atoms with Gasteiger partial charge in [0.1, 0.15) is 0 Å². The molecule has 22 heavy (non-hydrogen) atoms. The summed E-state index contributed by atoms with van der Waals surface area (Å²) in [5, 5.41) is 20.5. The fraction of sp³-hybridized carbons (Fsp3) is 0.250. The quantitative estimate of drug-likeness (QED) is 0.800. The van der Waals surface area contributed by atoms with E-state index in [4.69, 9.17) is 5.26 Å². The number of halogens is 3. The summed E-state index contributed by atoms with van der Waals surface area (Å²) in [6.45, 7) is 0.854. The molecule has 0 spiro atoms. The zero-order valence-electron chi connectivity index (χ0n) is 11.0. The van der Waals surface area contributed by atoms with Gasteiger partial charge in [0.05, 0.1) is 22.6 Å². The number of carbonyl (C=O) groups is 1. The van der Waals surface area contributed by atoms with Gasteiger partial charge in [-0.25, -0.2) is 0 Å². The van der Waals surface area contributed by atoms with Gasteiger partial charge in [-0.15, -0.1) is 0 Å². The normalized spacial score (nSPS) is 13.6. The lowest BCUT2D eigenvalue weighted by Gasteiger charge is -2.17. The minimum absolute atomic E-state index is 0.288. The van der Waals surface area contributed by atoms with Crippen LogP contribution in [0.2, 0.25) is 0 Å². The van der Waals surface area contributed by atoms with Crippen molar-refractivity contribution >= 4 is 27.3 Å². The number of aliphatic hydroxyl groups is 1. The molecule has 0 aliphatic rings. The third kappa shape index (κ3) is 4.31. The Labute approximate surface area is 124 Å². The molecule has 118 valence electrons. The predicted molar refractivity (Wildman–Crippen MR) is 70.4 cm³/mol. The molecule has 6 nitrogen and oxygen atoms in total. The van der Waals surface area contributed by atoms with Crippen molar-refractivity contribution in [1.82, 2.24) is 0 Å². The van der Waals surface area contributed by atoms with Crippen LogP contribution in [0.15, 0.2) is 18.2 Å². The summed E-state index contributed by atoms with van der Waals surface area (Å²) in [4.78, 5) is 11.7. The molecule has 1 atom stereocenters. The molecule has 1 aromatic rings. The molecule has 0 bridgehead atoms. The van der Waals surface area contributed by atoms with Crippen LogP contribution in [-0.2, 0) is 21.3 Å². The van der Waals surface area contributed by atoms with Crippen LogP contribution in [0.25, 0.3) is 0 Å². The van der Waals surface area contributed by atoms with Gasteiger partial charge >= 0.3 is 6.18 Å². The molecule has 0 radical (unpaired) electrons. The van der Waals surface area contributed by atoms with Crippen molar-refractivity contribution in [3.05, 3.63) is 29.3 Å². The van der Waals surface area contributed by atoms with E-state index in [1.807, 2.05) is 5.32 Å². The predicted octanol–water partition coefficient (Wildman–Crippen LogP) is 0.948. The lowest BCUT2D eigenvalue weighted by atomic mass is 10.1. The van der Waals surface area contributed by atoms with Crippen molar-refractivity contribution in [2.45, 2.75) is 18.7 Å². The van der Waals surface area contributed by atoms with Crippen molar-refractivity contribution in [3.8, 4) is 6.07 Å². The summed E-state index contributed by atoms with van der Waals surface area (Å²) < 4.78 is 59.2. The van der Waals surface area contributed by atoms with Crippen LogP contribution in [0.1, 0.15) is 18.1 Å². The number of carbonyl (C=O) groups excluding carboxylic acids is 1. The van der Waals surface area contributed by atoms with Gasteiger partial charge in [0.25, 0.3) is 5.91 Å². The average molecular weight is 334 g/mol. The molecule has 2 N–H and O–H groups in total. The Hall–Kier alpha value is -2.38. The maximum Gasteiger partial charge on any atom is 0.417 e. The monoisotopic (exact) mass is 334 g/mol. The molecule has 0 fully saturated rings. The van der Waals surface area contributed by atoms with E-state index in [1.54, 1.807) is 0 Å². The van der Waals surface area contributed by atoms with Gasteiger partial charge in [-0.05, 0) is 25.1 Å². The van der Waals surface area contributed by atoms with Crippen LogP contribution in [-0.4, -0.2) is 30.4 Å². The summed E-state index contributed by atoms with van der Waals surface area (Å²) >= 11 is 0. The summed E-state index contributed by atoms with van der Waals surface area (Å²) in [5.74, 6) is -1.24. The molecule has 0 aromatic heterocycles. The standard InChI is InChI=1S/C12H9F3N2O4S/c1-11(19,6-22(20)21)10(18)17-8-3-2-7(5-16)9(4-8)12(13,14)15/h2-4,6,19H,1H3,(H,17,18). The van der Waals surface area contributed by atoms with Gasteiger partial charge in [0.15, 0.2) is 5.60 Å². The highest BCUT2D eigenvalue weighted by molar-refractivity contribution is 7.71. The largest absolute Gasteiger partial charge is 0.417 e. The van der Waals surface area contributed by atoms with Gasteiger partial charge in [-0.3, -0.25) is 4.79 Å². The number of nitrogens with zero attached hydrogens (tertiary/aromatic N) is 1. The van der Waals surface area contributed by atoms with Crippen LogP contribution in [0.4, 0.5) is 18.9 Å². The number of nitrogens with one attached hydrogen (secondary N) is 1. The second-order valence-electron chi connectivity index (χ2n) is 4.35. The van der Waals surface area contributed by atoms with Crippen molar-refractivity contribution in [3.63, 3.8) is 0 Å². The Morgan fingerprint density at radius 3 is 2.45 bits per heavy atom. The van der Waals surface area contributed by atoms with E-state index in [0.717, 1.165) is 19.1 Å².